The molecule has 22 heavy (non-hydrogen) atoms. The van der Waals surface area contributed by atoms with Crippen molar-refractivity contribution in [2.75, 3.05) is 6.54 Å². The lowest BCUT2D eigenvalue weighted by Gasteiger charge is -2.15. The molecule has 0 radical (unpaired) electrons. The SMILES string of the molecule is Oc1ccc(C=CC=NNC2=NCCc3ccccc32)cc1. The summed E-state index contributed by atoms with van der Waals surface area (Å²) in [5, 5.41) is 13.4. The summed E-state index contributed by atoms with van der Waals surface area (Å²) >= 11 is 0. The molecule has 0 bridgehead atoms. The molecule has 4 nitrogen and oxygen atoms in total. The van der Waals surface area contributed by atoms with Gasteiger partial charge in [0.2, 0.25) is 0 Å². The third-order valence-electron chi connectivity index (χ3n) is 3.44. The van der Waals surface area contributed by atoms with E-state index in [2.05, 4.69) is 27.7 Å². The van der Waals surface area contributed by atoms with Gasteiger partial charge in [-0.25, -0.2) is 0 Å². The summed E-state index contributed by atoms with van der Waals surface area (Å²) in [5.41, 5.74) is 6.43. The number of aromatic hydroxyl groups is 1. The Morgan fingerprint density at radius 2 is 1.91 bits per heavy atom. The van der Waals surface area contributed by atoms with Gasteiger partial charge in [-0.3, -0.25) is 10.4 Å². The molecule has 0 amide bonds. The normalized spacial score (nSPS) is 14.1. The fraction of sp³-hybridized carbons (Fsp3) is 0.111. The first-order valence-corrected chi connectivity index (χ1v) is 7.20. The first kappa shape index (κ1) is 14.1. The first-order chi connectivity index (χ1) is 10.8. The van der Waals surface area contributed by atoms with Crippen LogP contribution in [0.3, 0.4) is 0 Å². The highest BCUT2D eigenvalue weighted by atomic mass is 16.3. The number of rotatable bonds is 3. The minimum absolute atomic E-state index is 0.265. The summed E-state index contributed by atoms with van der Waals surface area (Å²) in [6.45, 7) is 0.790. The lowest BCUT2D eigenvalue weighted by Crippen LogP contribution is -2.24. The highest BCUT2D eigenvalue weighted by Gasteiger charge is 2.11. The van der Waals surface area contributed by atoms with Crippen molar-refractivity contribution >= 4 is 18.1 Å². The summed E-state index contributed by atoms with van der Waals surface area (Å²) in [5.74, 6) is 1.08. The van der Waals surface area contributed by atoms with Gasteiger partial charge in [0.1, 0.15) is 11.6 Å². The highest BCUT2D eigenvalue weighted by Crippen LogP contribution is 2.14. The molecule has 1 heterocycles. The van der Waals surface area contributed by atoms with Crippen LogP contribution in [-0.2, 0) is 6.42 Å². The minimum atomic E-state index is 0.265. The van der Waals surface area contributed by atoms with Gasteiger partial charge in [-0.05, 0) is 35.8 Å². The van der Waals surface area contributed by atoms with E-state index in [1.165, 1.54) is 5.56 Å². The summed E-state index contributed by atoms with van der Waals surface area (Å²) in [6.07, 6.45) is 6.42. The quantitative estimate of drug-likeness (QED) is 0.674. The molecular formula is C18H17N3O. The standard InChI is InChI=1S/C18H17N3O/c22-16-9-7-14(8-10-16)4-3-12-20-21-18-17-6-2-1-5-15(17)11-13-19-18/h1-10,12,22H,11,13H2,(H,19,21). The van der Waals surface area contributed by atoms with Crippen LogP contribution in [0, 0.1) is 0 Å². The van der Waals surface area contributed by atoms with Crippen molar-refractivity contribution in [3.05, 3.63) is 71.3 Å². The van der Waals surface area contributed by atoms with Crippen molar-refractivity contribution in [3.8, 4) is 5.75 Å². The Kier molecular flexibility index (Phi) is 4.30. The van der Waals surface area contributed by atoms with Crippen LogP contribution in [0.4, 0.5) is 0 Å². The van der Waals surface area contributed by atoms with Crippen LogP contribution >= 0.6 is 0 Å². The number of hydrazone groups is 1. The number of phenolic OH excluding ortho intramolecular Hbond substituents is 1. The van der Waals surface area contributed by atoms with Crippen molar-refractivity contribution in [2.24, 2.45) is 10.1 Å². The zero-order valence-corrected chi connectivity index (χ0v) is 12.1. The van der Waals surface area contributed by atoms with Gasteiger partial charge in [0.25, 0.3) is 0 Å². The molecule has 1 aliphatic rings. The van der Waals surface area contributed by atoms with E-state index in [1.807, 2.05) is 36.4 Å². The molecule has 1 aliphatic heterocycles. The van der Waals surface area contributed by atoms with Gasteiger partial charge in [0.15, 0.2) is 0 Å². The van der Waals surface area contributed by atoms with Crippen molar-refractivity contribution in [1.82, 2.24) is 5.43 Å². The molecule has 2 aromatic carbocycles. The molecule has 2 N–H and O–H groups in total. The lowest BCUT2D eigenvalue weighted by atomic mass is 10.0. The molecule has 110 valence electrons. The van der Waals surface area contributed by atoms with Crippen LogP contribution in [0.1, 0.15) is 16.7 Å². The second kappa shape index (κ2) is 6.72. The number of phenols is 1. The number of hydrogen-bond acceptors (Lipinski definition) is 4. The third-order valence-corrected chi connectivity index (χ3v) is 3.44. The minimum Gasteiger partial charge on any atom is -0.508 e. The number of nitrogens with one attached hydrogen (secondary N) is 1. The molecule has 0 saturated carbocycles. The molecule has 0 spiro atoms. The zero-order valence-electron chi connectivity index (χ0n) is 12.1. The van der Waals surface area contributed by atoms with Gasteiger partial charge >= 0.3 is 0 Å². The van der Waals surface area contributed by atoms with Gasteiger partial charge in [-0.2, -0.15) is 5.10 Å². The van der Waals surface area contributed by atoms with E-state index >= 15 is 0 Å². The number of nitrogens with zero attached hydrogens (tertiary/aromatic N) is 2. The fourth-order valence-electron chi connectivity index (χ4n) is 2.32. The molecule has 0 aliphatic carbocycles. The molecule has 0 saturated heterocycles. The first-order valence-electron chi connectivity index (χ1n) is 7.20. The summed E-state index contributed by atoms with van der Waals surface area (Å²) in [7, 11) is 0. The van der Waals surface area contributed by atoms with Crippen molar-refractivity contribution in [2.45, 2.75) is 6.42 Å². The van der Waals surface area contributed by atoms with Gasteiger partial charge < -0.3 is 5.11 Å². The topological polar surface area (TPSA) is 57.0 Å². The average Bonchev–Trinajstić information content (AvgIpc) is 2.56. The van der Waals surface area contributed by atoms with Crippen molar-refractivity contribution in [3.63, 3.8) is 0 Å². The van der Waals surface area contributed by atoms with Gasteiger partial charge in [0.05, 0.1) is 0 Å². The Bertz CT molecular complexity index is 730. The number of allylic oxidation sites excluding steroid dienone is 1. The lowest BCUT2D eigenvalue weighted by molar-refractivity contribution is 0.475. The number of amidine groups is 1. The maximum absolute atomic E-state index is 9.22. The largest absolute Gasteiger partial charge is 0.508 e. The predicted octanol–water partition coefficient (Wildman–Crippen LogP) is 2.98. The highest BCUT2D eigenvalue weighted by molar-refractivity contribution is 6.01. The van der Waals surface area contributed by atoms with Crippen molar-refractivity contribution < 1.29 is 5.11 Å². The third kappa shape index (κ3) is 3.41. The summed E-state index contributed by atoms with van der Waals surface area (Å²) in [6, 6.07) is 15.2. The average molecular weight is 291 g/mol. The van der Waals surface area contributed by atoms with Crippen LogP contribution in [-0.4, -0.2) is 23.7 Å². The number of aliphatic imine (C=N–C) groups is 1. The Labute approximate surface area is 129 Å². The molecule has 0 atom stereocenters. The summed E-state index contributed by atoms with van der Waals surface area (Å²) < 4.78 is 0. The molecule has 2 aromatic rings. The summed E-state index contributed by atoms with van der Waals surface area (Å²) in [4.78, 5) is 4.48. The van der Waals surface area contributed by atoms with Crippen LogP contribution in [0.25, 0.3) is 6.08 Å². The van der Waals surface area contributed by atoms with Gasteiger partial charge in [-0.15, -0.1) is 0 Å². The number of fused-ring (bicyclic) bond motifs is 1. The van der Waals surface area contributed by atoms with E-state index in [0.29, 0.717) is 0 Å². The smallest absolute Gasteiger partial charge is 0.149 e. The molecule has 0 aromatic heterocycles. The van der Waals surface area contributed by atoms with Crippen LogP contribution in [0.5, 0.6) is 5.75 Å². The van der Waals surface area contributed by atoms with E-state index in [4.69, 9.17) is 0 Å². The van der Waals surface area contributed by atoms with Gasteiger partial charge in [0, 0.05) is 18.3 Å². The maximum atomic E-state index is 9.22. The molecule has 0 unspecified atom stereocenters. The van der Waals surface area contributed by atoms with E-state index < -0.39 is 0 Å². The predicted molar refractivity (Wildman–Crippen MR) is 90.3 cm³/mol. The van der Waals surface area contributed by atoms with E-state index in [9.17, 15) is 5.11 Å². The van der Waals surface area contributed by atoms with E-state index in [-0.39, 0.29) is 5.75 Å². The fourth-order valence-corrected chi connectivity index (χ4v) is 2.32. The second-order valence-corrected chi connectivity index (χ2v) is 4.98. The van der Waals surface area contributed by atoms with Crippen LogP contribution in [0.2, 0.25) is 0 Å². The Hall–Kier alpha value is -2.88. The zero-order chi connectivity index (χ0) is 15.2. The van der Waals surface area contributed by atoms with E-state index in [1.54, 1.807) is 18.3 Å². The number of benzene rings is 2. The maximum Gasteiger partial charge on any atom is 0.149 e. The molecular weight excluding hydrogens is 274 g/mol. The van der Waals surface area contributed by atoms with E-state index in [0.717, 1.165) is 29.9 Å². The number of hydrogen-bond donors (Lipinski definition) is 2. The van der Waals surface area contributed by atoms with Crippen molar-refractivity contribution in [1.29, 1.82) is 0 Å². The molecule has 0 fully saturated rings. The second-order valence-electron chi connectivity index (χ2n) is 4.98. The van der Waals surface area contributed by atoms with Crippen LogP contribution < -0.4 is 5.43 Å². The molecule has 4 heteroatoms. The Morgan fingerprint density at radius 1 is 1.09 bits per heavy atom. The molecule has 3 rings (SSSR count). The monoisotopic (exact) mass is 291 g/mol. The Balaban J connectivity index is 1.61. The van der Waals surface area contributed by atoms with Crippen LogP contribution in [0.15, 0.2) is 64.7 Å². The Morgan fingerprint density at radius 3 is 2.77 bits per heavy atom. The van der Waals surface area contributed by atoms with Gasteiger partial charge in [-0.1, -0.05) is 42.5 Å².